The highest BCUT2D eigenvalue weighted by Gasteiger charge is 2.05. The van der Waals surface area contributed by atoms with E-state index >= 15 is 0 Å². The quantitative estimate of drug-likeness (QED) is 0.635. The maximum absolute atomic E-state index is 13.8. The molecule has 0 saturated carbocycles. The van der Waals surface area contributed by atoms with Crippen LogP contribution in [0.15, 0.2) is 42.5 Å². The van der Waals surface area contributed by atoms with E-state index in [-0.39, 0.29) is 10.8 Å². The Kier molecular flexibility index (Phi) is 6.06. The number of benzene rings is 2. The normalized spacial score (nSPS) is 10.6. The zero-order chi connectivity index (χ0) is 15.1. The molecule has 0 aliphatic carbocycles. The minimum atomic E-state index is -0.345. The smallest absolute Gasteiger partial charge is 0.146 e. The number of nitrogens with one attached hydrogen (secondary N) is 1. The Morgan fingerprint density at radius 3 is 2.52 bits per heavy atom. The third-order valence-electron chi connectivity index (χ3n) is 3.54. The van der Waals surface area contributed by atoms with Crippen molar-refractivity contribution in [2.24, 2.45) is 0 Å². The zero-order valence-electron chi connectivity index (χ0n) is 12.3. The molecule has 2 aromatic carbocycles. The van der Waals surface area contributed by atoms with Crippen LogP contribution < -0.4 is 5.32 Å². The average molecular weight is 306 g/mol. The van der Waals surface area contributed by atoms with Crippen LogP contribution in [0.25, 0.3) is 0 Å². The average Bonchev–Trinajstić information content (AvgIpc) is 2.50. The van der Waals surface area contributed by atoms with Gasteiger partial charge in [0.2, 0.25) is 0 Å². The first-order valence-corrected chi connectivity index (χ1v) is 7.84. The van der Waals surface area contributed by atoms with Gasteiger partial charge in [-0.05, 0) is 36.6 Å². The molecule has 0 aliphatic rings. The van der Waals surface area contributed by atoms with Gasteiger partial charge in [0.15, 0.2) is 0 Å². The minimum absolute atomic E-state index is 0.167. The predicted octanol–water partition coefficient (Wildman–Crippen LogP) is 5.82. The molecule has 0 aromatic heterocycles. The highest BCUT2D eigenvalue weighted by molar-refractivity contribution is 6.30. The number of anilines is 1. The standard InChI is InChI=1S/C18H21ClFN/c1-2-3-4-6-14-9-11-16(12-10-14)21-13-15-7-5-8-17(19)18(15)20/h5,7-12,21H,2-4,6,13H2,1H3. The summed E-state index contributed by atoms with van der Waals surface area (Å²) < 4.78 is 13.8. The first-order valence-electron chi connectivity index (χ1n) is 7.46. The van der Waals surface area contributed by atoms with Gasteiger partial charge in [0, 0.05) is 17.8 Å². The van der Waals surface area contributed by atoms with E-state index in [1.165, 1.54) is 24.8 Å². The number of hydrogen-bond acceptors (Lipinski definition) is 1. The summed E-state index contributed by atoms with van der Waals surface area (Å²) in [5.74, 6) is -0.345. The summed E-state index contributed by atoms with van der Waals surface area (Å²) in [4.78, 5) is 0. The number of rotatable bonds is 7. The zero-order valence-corrected chi connectivity index (χ0v) is 13.1. The van der Waals surface area contributed by atoms with Crippen LogP contribution in [0, 0.1) is 5.82 Å². The Hall–Kier alpha value is -1.54. The number of unbranched alkanes of at least 4 members (excludes halogenated alkanes) is 2. The molecule has 0 spiro atoms. The van der Waals surface area contributed by atoms with Gasteiger partial charge in [-0.25, -0.2) is 4.39 Å². The molecule has 0 heterocycles. The highest BCUT2D eigenvalue weighted by Crippen LogP contribution is 2.19. The number of halogens is 2. The summed E-state index contributed by atoms with van der Waals surface area (Å²) in [6.07, 6.45) is 4.87. The molecule has 1 nitrogen and oxygen atoms in total. The molecule has 112 valence electrons. The fourth-order valence-corrected chi connectivity index (χ4v) is 2.44. The minimum Gasteiger partial charge on any atom is -0.381 e. The summed E-state index contributed by atoms with van der Waals surface area (Å²) in [6.45, 7) is 2.64. The lowest BCUT2D eigenvalue weighted by molar-refractivity contribution is 0.613. The van der Waals surface area contributed by atoms with E-state index in [1.54, 1.807) is 18.2 Å². The van der Waals surface area contributed by atoms with Gasteiger partial charge in [-0.1, -0.05) is 55.6 Å². The molecule has 0 unspecified atom stereocenters. The molecule has 21 heavy (non-hydrogen) atoms. The van der Waals surface area contributed by atoms with Crippen molar-refractivity contribution in [3.63, 3.8) is 0 Å². The van der Waals surface area contributed by atoms with Gasteiger partial charge >= 0.3 is 0 Å². The summed E-state index contributed by atoms with van der Waals surface area (Å²) in [5.41, 5.74) is 2.92. The maximum atomic E-state index is 13.8. The third kappa shape index (κ3) is 4.75. The van der Waals surface area contributed by atoms with Gasteiger partial charge in [0.05, 0.1) is 5.02 Å². The Labute approximate surface area is 131 Å². The Morgan fingerprint density at radius 2 is 1.81 bits per heavy atom. The van der Waals surface area contributed by atoms with Gasteiger partial charge < -0.3 is 5.32 Å². The number of aryl methyl sites for hydroxylation is 1. The molecule has 0 amide bonds. The molecular formula is C18H21ClFN. The molecule has 2 rings (SSSR count). The first-order chi connectivity index (χ1) is 10.2. The van der Waals surface area contributed by atoms with Crippen molar-refractivity contribution in [2.75, 3.05) is 5.32 Å². The van der Waals surface area contributed by atoms with Crippen LogP contribution in [0.4, 0.5) is 10.1 Å². The monoisotopic (exact) mass is 305 g/mol. The van der Waals surface area contributed by atoms with E-state index in [9.17, 15) is 4.39 Å². The Bertz CT molecular complexity index is 566. The molecular weight excluding hydrogens is 285 g/mol. The van der Waals surface area contributed by atoms with Crippen molar-refractivity contribution in [2.45, 2.75) is 39.2 Å². The van der Waals surface area contributed by atoms with Crippen molar-refractivity contribution in [3.05, 3.63) is 64.4 Å². The van der Waals surface area contributed by atoms with Crippen LogP contribution in [-0.2, 0) is 13.0 Å². The molecule has 2 aromatic rings. The van der Waals surface area contributed by atoms with Crippen LogP contribution >= 0.6 is 11.6 Å². The Balaban J connectivity index is 1.90. The fraction of sp³-hybridized carbons (Fsp3) is 0.333. The Morgan fingerprint density at radius 1 is 1.05 bits per heavy atom. The van der Waals surface area contributed by atoms with Crippen LogP contribution in [-0.4, -0.2) is 0 Å². The largest absolute Gasteiger partial charge is 0.381 e. The molecule has 0 saturated heterocycles. The SMILES string of the molecule is CCCCCc1ccc(NCc2cccc(Cl)c2F)cc1. The molecule has 0 bridgehead atoms. The lowest BCUT2D eigenvalue weighted by atomic mass is 10.1. The van der Waals surface area contributed by atoms with Gasteiger partial charge in [0.25, 0.3) is 0 Å². The summed E-state index contributed by atoms with van der Waals surface area (Å²) in [7, 11) is 0. The second-order valence-electron chi connectivity index (χ2n) is 5.22. The van der Waals surface area contributed by atoms with Crippen molar-refractivity contribution >= 4 is 17.3 Å². The fourth-order valence-electron chi connectivity index (χ4n) is 2.25. The first kappa shape index (κ1) is 15.8. The second kappa shape index (κ2) is 8.04. The third-order valence-corrected chi connectivity index (χ3v) is 3.83. The molecule has 0 aliphatic heterocycles. The highest BCUT2D eigenvalue weighted by atomic mass is 35.5. The van der Waals surface area contributed by atoms with Crippen LogP contribution in [0.5, 0.6) is 0 Å². The van der Waals surface area contributed by atoms with Gasteiger partial charge in [-0.2, -0.15) is 0 Å². The van der Waals surface area contributed by atoms with Crippen LogP contribution in [0.3, 0.4) is 0 Å². The van der Waals surface area contributed by atoms with Crippen molar-refractivity contribution < 1.29 is 4.39 Å². The summed E-state index contributed by atoms with van der Waals surface area (Å²) >= 11 is 5.77. The second-order valence-corrected chi connectivity index (χ2v) is 5.63. The van der Waals surface area contributed by atoms with E-state index in [0.29, 0.717) is 12.1 Å². The van der Waals surface area contributed by atoms with Crippen molar-refractivity contribution in [1.29, 1.82) is 0 Å². The molecule has 0 atom stereocenters. The van der Waals surface area contributed by atoms with E-state index in [4.69, 9.17) is 11.6 Å². The van der Waals surface area contributed by atoms with E-state index in [0.717, 1.165) is 12.1 Å². The molecule has 1 N–H and O–H groups in total. The van der Waals surface area contributed by atoms with Gasteiger partial charge in [-0.15, -0.1) is 0 Å². The van der Waals surface area contributed by atoms with Crippen molar-refractivity contribution in [1.82, 2.24) is 0 Å². The van der Waals surface area contributed by atoms with E-state index in [1.807, 2.05) is 12.1 Å². The van der Waals surface area contributed by atoms with Crippen LogP contribution in [0.1, 0.15) is 37.3 Å². The lowest BCUT2D eigenvalue weighted by Gasteiger charge is -2.09. The lowest BCUT2D eigenvalue weighted by Crippen LogP contribution is -2.02. The number of hydrogen-bond donors (Lipinski definition) is 1. The van der Waals surface area contributed by atoms with Gasteiger partial charge in [0.1, 0.15) is 5.82 Å². The topological polar surface area (TPSA) is 12.0 Å². The predicted molar refractivity (Wildman–Crippen MR) is 88.4 cm³/mol. The molecule has 0 fully saturated rings. The van der Waals surface area contributed by atoms with E-state index in [2.05, 4.69) is 24.4 Å². The maximum Gasteiger partial charge on any atom is 0.146 e. The van der Waals surface area contributed by atoms with Crippen molar-refractivity contribution in [3.8, 4) is 0 Å². The molecule has 3 heteroatoms. The van der Waals surface area contributed by atoms with Crippen LogP contribution in [0.2, 0.25) is 5.02 Å². The summed E-state index contributed by atoms with van der Waals surface area (Å²) in [5, 5.41) is 3.39. The summed E-state index contributed by atoms with van der Waals surface area (Å²) in [6, 6.07) is 13.4. The van der Waals surface area contributed by atoms with Gasteiger partial charge in [-0.3, -0.25) is 0 Å². The molecule has 0 radical (unpaired) electrons. The van der Waals surface area contributed by atoms with E-state index < -0.39 is 0 Å².